The maximum atomic E-state index is 13.5. The number of carbonyl (C=O) groups is 1. The van der Waals surface area contributed by atoms with E-state index in [1.54, 1.807) is 60.0 Å². The van der Waals surface area contributed by atoms with E-state index in [4.69, 9.17) is 9.72 Å². The highest BCUT2D eigenvalue weighted by molar-refractivity contribution is 5.90. The Kier molecular flexibility index (Phi) is 6.13. The smallest absolute Gasteiger partial charge is 0.322 e. The molecule has 0 radical (unpaired) electrons. The second-order valence-corrected chi connectivity index (χ2v) is 7.86. The van der Waals surface area contributed by atoms with Crippen molar-refractivity contribution >= 4 is 22.6 Å². The number of benzene rings is 3. The van der Waals surface area contributed by atoms with Gasteiger partial charge in [0.15, 0.2) is 0 Å². The monoisotopic (exact) mass is 442 g/mol. The molecule has 0 fully saturated rings. The summed E-state index contributed by atoms with van der Waals surface area (Å²) in [7, 11) is 3.28. The molecular weight excluding hydrogens is 416 g/mol. The van der Waals surface area contributed by atoms with Crippen molar-refractivity contribution in [3.8, 4) is 11.4 Å². The van der Waals surface area contributed by atoms with Gasteiger partial charge in [0.05, 0.1) is 29.7 Å². The summed E-state index contributed by atoms with van der Waals surface area (Å²) in [5.41, 5.74) is 2.74. The maximum absolute atomic E-state index is 13.5. The highest BCUT2D eigenvalue weighted by Crippen LogP contribution is 2.24. The predicted molar refractivity (Wildman–Crippen MR) is 130 cm³/mol. The van der Waals surface area contributed by atoms with Crippen LogP contribution < -0.4 is 15.6 Å². The zero-order valence-electron chi connectivity index (χ0n) is 19.1. The number of urea groups is 1. The van der Waals surface area contributed by atoms with Crippen molar-refractivity contribution in [2.24, 2.45) is 0 Å². The van der Waals surface area contributed by atoms with E-state index in [0.717, 1.165) is 11.3 Å². The van der Waals surface area contributed by atoms with E-state index in [1.165, 1.54) is 0 Å². The number of nitrogens with one attached hydrogen (secondary N) is 1. The van der Waals surface area contributed by atoms with Crippen molar-refractivity contribution < 1.29 is 9.53 Å². The Morgan fingerprint density at radius 3 is 2.39 bits per heavy atom. The van der Waals surface area contributed by atoms with Gasteiger partial charge in [0.2, 0.25) is 0 Å². The van der Waals surface area contributed by atoms with Crippen molar-refractivity contribution in [1.82, 2.24) is 14.5 Å². The van der Waals surface area contributed by atoms with Gasteiger partial charge in [-0.25, -0.2) is 9.78 Å². The molecule has 0 aliphatic heterocycles. The predicted octanol–water partition coefficient (Wildman–Crippen LogP) is 4.93. The van der Waals surface area contributed by atoms with Crippen molar-refractivity contribution in [2.75, 3.05) is 19.5 Å². The number of fused-ring (bicyclic) bond motifs is 1. The second kappa shape index (κ2) is 9.16. The van der Waals surface area contributed by atoms with Crippen LogP contribution >= 0.6 is 0 Å². The van der Waals surface area contributed by atoms with Gasteiger partial charge in [0, 0.05) is 12.7 Å². The molecule has 0 aliphatic carbocycles. The summed E-state index contributed by atoms with van der Waals surface area (Å²) in [5.74, 6) is 1.15. The Morgan fingerprint density at radius 2 is 1.70 bits per heavy atom. The lowest BCUT2D eigenvalue weighted by atomic mass is 10.2. The van der Waals surface area contributed by atoms with Crippen LogP contribution in [0.3, 0.4) is 0 Å². The molecule has 1 atom stereocenters. The molecule has 0 aliphatic rings. The molecule has 7 nitrogen and oxygen atoms in total. The van der Waals surface area contributed by atoms with Gasteiger partial charge in [0.1, 0.15) is 11.6 Å². The summed E-state index contributed by atoms with van der Waals surface area (Å²) in [4.78, 5) is 32.9. The average molecular weight is 443 g/mol. The Hall–Kier alpha value is -4.13. The van der Waals surface area contributed by atoms with Gasteiger partial charge in [-0.3, -0.25) is 9.36 Å². The maximum Gasteiger partial charge on any atom is 0.322 e. The van der Waals surface area contributed by atoms with Crippen molar-refractivity contribution in [1.29, 1.82) is 0 Å². The molecule has 4 rings (SSSR count). The number of ether oxygens (including phenoxy) is 1. The number of amides is 2. The van der Waals surface area contributed by atoms with E-state index in [1.807, 2.05) is 50.2 Å². The lowest BCUT2D eigenvalue weighted by Gasteiger charge is -2.27. The van der Waals surface area contributed by atoms with Crippen LogP contribution in [-0.2, 0) is 0 Å². The first-order valence-corrected chi connectivity index (χ1v) is 10.7. The Morgan fingerprint density at radius 1 is 1.03 bits per heavy atom. The average Bonchev–Trinajstić information content (AvgIpc) is 2.84. The zero-order valence-corrected chi connectivity index (χ0v) is 19.1. The molecule has 2 amide bonds. The molecule has 33 heavy (non-hydrogen) atoms. The van der Waals surface area contributed by atoms with Crippen molar-refractivity contribution in [3.63, 3.8) is 0 Å². The summed E-state index contributed by atoms with van der Waals surface area (Å²) in [6.45, 7) is 3.79. The first kappa shape index (κ1) is 22.1. The number of aryl methyl sites for hydroxylation is 1. The molecule has 168 valence electrons. The SMILES string of the molecule is COc1ccc(-n2c(C(C)N(C)C(=O)Nc3ccccc3C)nc3ccccc3c2=O)cc1. The van der Waals surface area contributed by atoms with Gasteiger partial charge in [-0.2, -0.15) is 0 Å². The molecule has 3 aromatic carbocycles. The molecule has 1 N–H and O–H groups in total. The standard InChI is InChI=1S/C26H26N4O3/c1-17-9-5-7-11-22(17)28-26(32)29(3)18(2)24-27-23-12-8-6-10-21(23)25(31)30(24)19-13-15-20(33-4)16-14-19/h5-16,18H,1-4H3,(H,28,32). The fourth-order valence-electron chi connectivity index (χ4n) is 3.68. The number of carbonyl (C=O) groups excluding carboxylic acids is 1. The normalized spacial score (nSPS) is 11.8. The molecule has 7 heteroatoms. The third kappa shape index (κ3) is 4.30. The Labute approximate surface area is 192 Å². The minimum absolute atomic E-state index is 0.194. The van der Waals surface area contributed by atoms with E-state index in [0.29, 0.717) is 28.2 Å². The van der Waals surface area contributed by atoms with Gasteiger partial charge in [-0.15, -0.1) is 0 Å². The number of methoxy groups -OCH3 is 1. The first-order valence-electron chi connectivity index (χ1n) is 10.7. The van der Waals surface area contributed by atoms with E-state index < -0.39 is 6.04 Å². The van der Waals surface area contributed by atoms with Gasteiger partial charge in [-0.1, -0.05) is 30.3 Å². The summed E-state index contributed by atoms with van der Waals surface area (Å²) in [6, 6.07) is 21.2. The van der Waals surface area contributed by atoms with Gasteiger partial charge in [-0.05, 0) is 61.9 Å². The summed E-state index contributed by atoms with van der Waals surface area (Å²) < 4.78 is 6.81. The van der Waals surface area contributed by atoms with Crippen LogP contribution in [-0.4, -0.2) is 34.6 Å². The fourth-order valence-corrected chi connectivity index (χ4v) is 3.68. The highest BCUT2D eigenvalue weighted by atomic mass is 16.5. The topological polar surface area (TPSA) is 76.5 Å². The largest absolute Gasteiger partial charge is 0.497 e. The molecule has 0 saturated heterocycles. The van der Waals surface area contributed by atoms with Crippen LogP contribution in [0.4, 0.5) is 10.5 Å². The number of nitrogens with zero attached hydrogens (tertiary/aromatic N) is 3. The summed E-state index contributed by atoms with van der Waals surface area (Å²) >= 11 is 0. The van der Waals surface area contributed by atoms with Gasteiger partial charge < -0.3 is 15.0 Å². The fraction of sp³-hybridized carbons (Fsp3) is 0.192. The number of rotatable bonds is 5. The van der Waals surface area contributed by atoms with Crippen LogP contribution in [0, 0.1) is 6.92 Å². The van der Waals surface area contributed by atoms with E-state index in [2.05, 4.69) is 5.32 Å². The summed E-state index contributed by atoms with van der Waals surface area (Å²) in [6.07, 6.45) is 0. The molecule has 1 heterocycles. The molecule has 0 spiro atoms. The number of hydrogen-bond acceptors (Lipinski definition) is 4. The highest BCUT2D eigenvalue weighted by Gasteiger charge is 2.24. The van der Waals surface area contributed by atoms with Crippen LogP contribution in [0.1, 0.15) is 24.4 Å². The Balaban J connectivity index is 1.78. The first-order chi connectivity index (χ1) is 15.9. The van der Waals surface area contributed by atoms with Gasteiger partial charge in [0.25, 0.3) is 5.56 Å². The number of hydrogen-bond donors (Lipinski definition) is 1. The molecule has 4 aromatic rings. The van der Waals surface area contributed by atoms with Crippen LogP contribution in [0.15, 0.2) is 77.6 Å². The molecule has 1 aromatic heterocycles. The minimum Gasteiger partial charge on any atom is -0.497 e. The van der Waals surface area contributed by atoms with Crippen LogP contribution in [0.2, 0.25) is 0 Å². The molecule has 0 saturated carbocycles. The van der Waals surface area contributed by atoms with Crippen molar-refractivity contribution in [3.05, 3.63) is 94.5 Å². The number of anilines is 1. The third-order valence-corrected chi connectivity index (χ3v) is 5.79. The van der Waals surface area contributed by atoms with Gasteiger partial charge >= 0.3 is 6.03 Å². The molecule has 0 bridgehead atoms. The van der Waals surface area contributed by atoms with Crippen LogP contribution in [0.5, 0.6) is 5.75 Å². The van der Waals surface area contributed by atoms with E-state index in [-0.39, 0.29) is 11.6 Å². The lowest BCUT2D eigenvalue weighted by molar-refractivity contribution is 0.205. The third-order valence-electron chi connectivity index (χ3n) is 5.79. The molecule has 1 unspecified atom stereocenters. The zero-order chi connectivity index (χ0) is 23.5. The van der Waals surface area contributed by atoms with E-state index in [9.17, 15) is 9.59 Å². The van der Waals surface area contributed by atoms with E-state index >= 15 is 0 Å². The summed E-state index contributed by atoms with van der Waals surface area (Å²) in [5, 5.41) is 3.45. The number of para-hydroxylation sites is 2. The lowest BCUT2D eigenvalue weighted by Crippen LogP contribution is -2.37. The van der Waals surface area contributed by atoms with Crippen LogP contribution in [0.25, 0.3) is 16.6 Å². The molecular formula is C26H26N4O3. The van der Waals surface area contributed by atoms with Crippen molar-refractivity contribution in [2.45, 2.75) is 19.9 Å². The number of aromatic nitrogens is 2. The quantitative estimate of drug-likeness (QED) is 0.476. The Bertz CT molecular complexity index is 1360. The second-order valence-electron chi connectivity index (χ2n) is 7.86. The minimum atomic E-state index is -0.492.